The number of nitrogens with zero attached hydrogens (tertiary/aromatic N) is 2. The van der Waals surface area contributed by atoms with Crippen LogP contribution in [0, 0.1) is 0 Å². The van der Waals surface area contributed by atoms with Crippen molar-refractivity contribution in [3.05, 3.63) is 48.5 Å². The monoisotopic (exact) mass is 399 g/mol. The van der Waals surface area contributed by atoms with Gasteiger partial charge in [-0.1, -0.05) is 0 Å². The summed E-state index contributed by atoms with van der Waals surface area (Å²) in [6, 6.07) is 15.0. The summed E-state index contributed by atoms with van der Waals surface area (Å²) >= 11 is 0. The Labute approximate surface area is 172 Å². The zero-order chi connectivity index (χ0) is 20.5. The van der Waals surface area contributed by atoms with Crippen LogP contribution in [0.25, 0.3) is 0 Å². The Kier molecular flexibility index (Phi) is 7.72. The minimum atomic E-state index is 0.00598. The van der Waals surface area contributed by atoms with Gasteiger partial charge >= 0.3 is 0 Å². The van der Waals surface area contributed by atoms with Crippen molar-refractivity contribution >= 4 is 11.6 Å². The number of amides is 1. The number of hydrogen-bond acceptors (Lipinski definition) is 6. The maximum atomic E-state index is 12.3. The van der Waals surface area contributed by atoms with Gasteiger partial charge in [0.25, 0.3) is 0 Å². The number of benzene rings is 2. The van der Waals surface area contributed by atoms with Crippen LogP contribution in [-0.4, -0.2) is 75.8 Å². The number of methoxy groups -OCH3 is 2. The summed E-state index contributed by atoms with van der Waals surface area (Å²) in [6.45, 7) is 5.53. The Hall–Kier alpha value is -2.77. The molecule has 7 heteroatoms. The third-order valence-corrected chi connectivity index (χ3v) is 4.94. The molecule has 1 aliphatic rings. The third kappa shape index (κ3) is 6.66. The average molecular weight is 399 g/mol. The highest BCUT2D eigenvalue weighted by Crippen LogP contribution is 2.17. The van der Waals surface area contributed by atoms with E-state index in [2.05, 4.69) is 15.1 Å². The lowest BCUT2D eigenvalue weighted by Gasteiger charge is -2.34. The molecule has 0 spiro atoms. The topological polar surface area (TPSA) is 63.3 Å². The van der Waals surface area contributed by atoms with Crippen LogP contribution < -0.4 is 19.5 Å². The molecule has 1 heterocycles. The number of carbonyl (C=O) groups excluding carboxylic acids is 1. The molecule has 2 aromatic rings. The Bertz CT molecular complexity index is 757. The molecular formula is C22H29N3O4. The largest absolute Gasteiger partial charge is 0.497 e. The number of carbonyl (C=O) groups is 1. The molecule has 1 fully saturated rings. The molecule has 0 aliphatic carbocycles. The van der Waals surface area contributed by atoms with E-state index in [9.17, 15) is 4.79 Å². The van der Waals surface area contributed by atoms with Crippen LogP contribution in [0.2, 0.25) is 0 Å². The molecule has 0 aromatic heterocycles. The fraction of sp³-hybridized carbons (Fsp3) is 0.409. The van der Waals surface area contributed by atoms with Gasteiger partial charge < -0.3 is 19.5 Å². The van der Waals surface area contributed by atoms with Gasteiger partial charge in [-0.25, -0.2) is 0 Å². The first kappa shape index (κ1) is 21.0. The quantitative estimate of drug-likeness (QED) is 0.698. The summed E-state index contributed by atoms with van der Waals surface area (Å²) in [4.78, 5) is 16.8. The smallest absolute Gasteiger partial charge is 0.238 e. The lowest BCUT2D eigenvalue weighted by molar-refractivity contribution is -0.117. The van der Waals surface area contributed by atoms with Crippen LogP contribution >= 0.6 is 0 Å². The van der Waals surface area contributed by atoms with Crippen molar-refractivity contribution in [3.63, 3.8) is 0 Å². The second-order valence-corrected chi connectivity index (χ2v) is 6.92. The van der Waals surface area contributed by atoms with Crippen molar-refractivity contribution in [2.75, 3.05) is 65.4 Å². The molecule has 1 N–H and O–H groups in total. The molecule has 156 valence electrons. The lowest BCUT2D eigenvalue weighted by Crippen LogP contribution is -2.49. The minimum absolute atomic E-state index is 0.00598. The summed E-state index contributed by atoms with van der Waals surface area (Å²) in [7, 11) is 3.27. The molecule has 0 unspecified atom stereocenters. The molecule has 0 atom stereocenters. The molecule has 1 aliphatic heterocycles. The molecule has 1 amide bonds. The van der Waals surface area contributed by atoms with Crippen molar-refractivity contribution in [2.45, 2.75) is 0 Å². The van der Waals surface area contributed by atoms with Crippen LogP contribution in [0.15, 0.2) is 48.5 Å². The highest BCUT2D eigenvalue weighted by Gasteiger charge is 2.18. The van der Waals surface area contributed by atoms with E-state index in [0.717, 1.165) is 55.7 Å². The standard InChI is InChI=1S/C22H29N3O4/c1-27-19-5-3-18(4-6-19)23-22(26)17-25-13-11-24(12-14-25)15-16-29-21-9-7-20(28-2)8-10-21/h3-10H,11-17H2,1-2H3,(H,23,26). The van der Waals surface area contributed by atoms with Gasteiger partial charge in [0.05, 0.1) is 20.8 Å². The van der Waals surface area contributed by atoms with Crippen LogP contribution in [0.1, 0.15) is 0 Å². The second kappa shape index (κ2) is 10.7. The molecule has 2 aromatic carbocycles. The molecule has 3 rings (SSSR count). The summed E-state index contributed by atoms with van der Waals surface area (Å²) in [6.07, 6.45) is 0. The van der Waals surface area contributed by atoms with Gasteiger partial charge in [-0.3, -0.25) is 14.6 Å². The minimum Gasteiger partial charge on any atom is -0.497 e. The summed E-state index contributed by atoms with van der Waals surface area (Å²) in [5, 5.41) is 2.93. The second-order valence-electron chi connectivity index (χ2n) is 6.92. The normalized spacial score (nSPS) is 15.0. The molecule has 7 nitrogen and oxygen atoms in total. The van der Waals surface area contributed by atoms with E-state index in [4.69, 9.17) is 14.2 Å². The fourth-order valence-electron chi connectivity index (χ4n) is 3.21. The van der Waals surface area contributed by atoms with Crippen molar-refractivity contribution in [2.24, 2.45) is 0 Å². The van der Waals surface area contributed by atoms with E-state index in [1.54, 1.807) is 14.2 Å². The van der Waals surface area contributed by atoms with Crippen LogP contribution in [-0.2, 0) is 4.79 Å². The zero-order valence-corrected chi connectivity index (χ0v) is 17.1. The van der Waals surface area contributed by atoms with Gasteiger partial charge in [-0.2, -0.15) is 0 Å². The summed E-state index contributed by atoms with van der Waals surface area (Å²) in [5.41, 5.74) is 0.783. The number of piperazine rings is 1. The fourth-order valence-corrected chi connectivity index (χ4v) is 3.21. The van der Waals surface area contributed by atoms with Crippen molar-refractivity contribution in [1.82, 2.24) is 9.80 Å². The highest BCUT2D eigenvalue weighted by molar-refractivity contribution is 5.92. The predicted molar refractivity (Wildman–Crippen MR) is 113 cm³/mol. The first-order valence-corrected chi connectivity index (χ1v) is 9.82. The number of anilines is 1. The van der Waals surface area contributed by atoms with Crippen LogP contribution in [0.3, 0.4) is 0 Å². The Morgan fingerprint density at radius 2 is 1.34 bits per heavy atom. The Morgan fingerprint density at radius 1 is 0.828 bits per heavy atom. The lowest BCUT2D eigenvalue weighted by atomic mass is 10.3. The third-order valence-electron chi connectivity index (χ3n) is 4.94. The van der Waals surface area contributed by atoms with Crippen molar-refractivity contribution in [1.29, 1.82) is 0 Å². The molecule has 1 saturated heterocycles. The number of rotatable bonds is 9. The maximum Gasteiger partial charge on any atom is 0.238 e. The van der Waals surface area contributed by atoms with E-state index < -0.39 is 0 Å². The van der Waals surface area contributed by atoms with Crippen LogP contribution in [0.4, 0.5) is 5.69 Å². The van der Waals surface area contributed by atoms with E-state index in [0.29, 0.717) is 13.2 Å². The first-order valence-electron chi connectivity index (χ1n) is 9.82. The van der Waals surface area contributed by atoms with Gasteiger partial charge in [0.1, 0.15) is 23.9 Å². The summed E-state index contributed by atoms with van der Waals surface area (Å²) < 4.78 is 16.1. The van der Waals surface area contributed by atoms with Crippen molar-refractivity contribution in [3.8, 4) is 17.2 Å². The molecule has 0 radical (unpaired) electrons. The predicted octanol–water partition coefficient (Wildman–Crippen LogP) is 2.34. The van der Waals surface area contributed by atoms with Crippen molar-refractivity contribution < 1.29 is 19.0 Å². The van der Waals surface area contributed by atoms with E-state index in [-0.39, 0.29) is 5.91 Å². The average Bonchev–Trinajstić information content (AvgIpc) is 2.76. The van der Waals surface area contributed by atoms with Gasteiger partial charge in [0, 0.05) is 38.4 Å². The molecule has 0 saturated carbocycles. The SMILES string of the molecule is COc1ccc(NC(=O)CN2CCN(CCOc3ccc(OC)cc3)CC2)cc1. The molecule has 29 heavy (non-hydrogen) atoms. The first-order chi connectivity index (χ1) is 14.2. The number of hydrogen-bond donors (Lipinski definition) is 1. The van der Waals surface area contributed by atoms with Gasteiger partial charge in [-0.15, -0.1) is 0 Å². The zero-order valence-electron chi connectivity index (χ0n) is 17.1. The maximum absolute atomic E-state index is 12.3. The summed E-state index contributed by atoms with van der Waals surface area (Å²) in [5.74, 6) is 2.45. The van der Waals surface area contributed by atoms with E-state index >= 15 is 0 Å². The molecular weight excluding hydrogens is 370 g/mol. The van der Waals surface area contributed by atoms with E-state index in [1.165, 1.54) is 0 Å². The number of ether oxygens (including phenoxy) is 3. The van der Waals surface area contributed by atoms with Gasteiger partial charge in [0.2, 0.25) is 5.91 Å². The van der Waals surface area contributed by atoms with Crippen LogP contribution in [0.5, 0.6) is 17.2 Å². The Balaban J connectivity index is 1.32. The molecule has 0 bridgehead atoms. The van der Waals surface area contributed by atoms with E-state index in [1.807, 2.05) is 48.5 Å². The highest BCUT2D eigenvalue weighted by atomic mass is 16.5. The van der Waals surface area contributed by atoms with Gasteiger partial charge in [-0.05, 0) is 48.5 Å². The Morgan fingerprint density at radius 3 is 1.93 bits per heavy atom. The number of nitrogens with one attached hydrogen (secondary N) is 1. The van der Waals surface area contributed by atoms with Gasteiger partial charge in [0.15, 0.2) is 0 Å².